The van der Waals surface area contributed by atoms with Crippen LogP contribution in [0.3, 0.4) is 0 Å². The quantitative estimate of drug-likeness (QED) is 0.812. The average Bonchev–Trinajstić information content (AvgIpc) is 2.26. The summed E-state index contributed by atoms with van der Waals surface area (Å²) in [6, 6.07) is 3.95. The predicted molar refractivity (Wildman–Crippen MR) is 78.4 cm³/mol. The van der Waals surface area contributed by atoms with Crippen LogP contribution in [0, 0.1) is 11.7 Å². The number of nitrogens with one attached hydrogen (secondary N) is 2. The van der Waals surface area contributed by atoms with Crippen LogP contribution < -0.4 is 10.0 Å². The Labute approximate surface area is 120 Å². The zero-order chi connectivity index (χ0) is 15.3. The third-order valence-corrected chi connectivity index (χ3v) is 4.47. The molecule has 0 aliphatic carbocycles. The van der Waals surface area contributed by atoms with Crippen LogP contribution in [-0.4, -0.2) is 21.5 Å². The third kappa shape index (κ3) is 4.85. The Bertz CT molecular complexity index is 544. The van der Waals surface area contributed by atoms with E-state index in [-0.39, 0.29) is 10.9 Å². The standard InChI is InChI=1S/C14H23FN2O2S/c1-10(2)7-11(3)17-20(18,19)14-6-5-12(9-16-4)8-13(14)15/h5-6,8,10-11,16-17H,7,9H2,1-4H3. The Morgan fingerprint density at radius 1 is 1.25 bits per heavy atom. The van der Waals surface area contributed by atoms with E-state index in [1.807, 2.05) is 13.8 Å². The van der Waals surface area contributed by atoms with E-state index in [1.165, 1.54) is 12.1 Å². The Kier molecular flexibility index (Phi) is 6.10. The zero-order valence-electron chi connectivity index (χ0n) is 12.4. The monoisotopic (exact) mass is 302 g/mol. The predicted octanol–water partition coefficient (Wildman–Crippen LogP) is 2.26. The van der Waals surface area contributed by atoms with E-state index in [2.05, 4.69) is 10.0 Å². The smallest absolute Gasteiger partial charge is 0.243 e. The molecular formula is C14H23FN2O2S. The fraction of sp³-hybridized carbons (Fsp3) is 0.571. The zero-order valence-corrected chi connectivity index (χ0v) is 13.2. The maximum absolute atomic E-state index is 13.9. The lowest BCUT2D eigenvalue weighted by Crippen LogP contribution is -2.34. The van der Waals surface area contributed by atoms with Crippen molar-refractivity contribution >= 4 is 10.0 Å². The molecule has 4 nitrogen and oxygen atoms in total. The number of hydrogen-bond acceptors (Lipinski definition) is 3. The highest BCUT2D eigenvalue weighted by atomic mass is 32.2. The van der Waals surface area contributed by atoms with E-state index in [1.54, 1.807) is 20.0 Å². The van der Waals surface area contributed by atoms with Crippen LogP contribution in [-0.2, 0) is 16.6 Å². The van der Waals surface area contributed by atoms with Gasteiger partial charge in [-0.15, -0.1) is 0 Å². The first-order chi connectivity index (χ1) is 9.26. The van der Waals surface area contributed by atoms with Gasteiger partial charge in [0.15, 0.2) is 0 Å². The minimum atomic E-state index is -3.81. The first-order valence-electron chi connectivity index (χ1n) is 6.71. The molecule has 0 bridgehead atoms. The molecule has 6 heteroatoms. The fourth-order valence-corrected chi connectivity index (χ4v) is 3.48. The topological polar surface area (TPSA) is 58.2 Å². The molecule has 0 amide bonds. The summed E-state index contributed by atoms with van der Waals surface area (Å²) in [5.41, 5.74) is 0.708. The Morgan fingerprint density at radius 3 is 2.40 bits per heavy atom. The molecule has 0 aliphatic rings. The van der Waals surface area contributed by atoms with Crippen LogP contribution in [0.5, 0.6) is 0 Å². The van der Waals surface area contributed by atoms with Crippen molar-refractivity contribution in [2.45, 2.75) is 44.7 Å². The highest BCUT2D eigenvalue weighted by molar-refractivity contribution is 7.89. The molecule has 0 aromatic heterocycles. The van der Waals surface area contributed by atoms with Crippen LogP contribution in [0.4, 0.5) is 4.39 Å². The molecule has 114 valence electrons. The van der Waals surface area contributed by atoms with Gasteiger partial charge in [0.05, 0.1) is 0 Å². The van der Waals surface area contributed by atoms with Gasteiger partial charge in [-0.05, 0) is 44.0 Å². The van der Waals surface area contributed by atoms with Gasteiger partial charge in [-0.25, -0.2) is 17.5 Å². The molecule has 1 atom stereocenters. The normalized spacial score (nSPS) is 13.7. The Hall–Kier alpha value is -0.980. The molecule has 1 rings (SSSR count). The lowest BCUT2D eigenvalue weighted by Gasteiger charge is -2.16. The second-order valence-electron chi connectivity index (χ2n) is 5.45. The summed E-state index contributed by atoms with van der Waals surface area (Å²) in [6.07, 6.45) is 0.707. The molecule has 0 spiro atoms. The summed E-state index contributed by atoms with van der Waals surface area (Å²) in [7, 11) is -2.07. The number of halogens is 1. The second kappa shape index (κ2) is 7.15. The summed E-state index contributed by atoms with van der Waals surface area (Å²) in [5.74, 6) is -0.349. The van der Waals surface area contributed by atoms with E-state index in [4.69, 9.17) is 0 Å². The number of sulfonamides is 1. The van der Waals surface area contributed by atoms with Crippen LogP contribution >= 0.6 is 0 Å². The van der Waals surface area contributed by atoms with Crippen LogP contribution in [0.2, 0.25) is 0 Å². The van der Waals surface area contributed by atoms with Crippen LogP contribution in [0.1, 0.15) is 32.8 Å². The van der Waals surface area contributed by atoms with Gasteiger partial charge >= 0.3 is 0 Å². The van der Waals surface area contributed by atoms with Gasteiger partial charge in [-0.3, -0.25) is 0 Å². The third-order valence-electron chi connectivity index (χ3n) is 2.85. The molecule has 1 aromatic rings. The molecule has 2 N–H and O–H groups in total. The van der Waals surface area contributed by atoms with Crippen LogP contribution in [0.25, 0.3) is 0 Å². The number of benzene rings is 1. The number of rotatable bonds is 7. The van der Waals surface area contributed by atoms with E-state index in [9.17, 15) is 12.8 Å². The molecule has 1 aromatic carbocycles. The molecular weight excluding hydrogens is 279 g/mol. The van der Waals surface area contributed by atoms with Crippen molar-refractivity contribution in [3.05, 3.63) is 29.6 Å². The van der Waals surface area contributed by atoms with Crippen molar-refractivity contribution in [3.63, 3.8) is 0 Å². The summed E-state index contributed by atoms with van der Waals surface area (Å²) in [5, 5.41) is 2.89. The summed E-state index contributed by atoms with van der Waals surface area (Å²) in [6.45, 7) is 6.30. The molecule has 0 saturated heterocycles. The minimum absolute atomic E-state index is 0.226. The lowest BCUT2D eigenvalue weighted by atomic mass is 10.1. The summed E-state index contributed by atoms with van der Waals surface area (Å²) < 4.78 is 40.7. The van der Waals surface area contributed by atoms with Gasteiger partial charge in [0.2, 0.25) is 10.0 Å². The average molecular weight is 302 g/mol. The van der Waals surface area contributed by atoms with E-state index in [0.717, 1.165) is 0 Å². The highest BCUT2D eigenvalue weighted by Gasteiger charge is 2.21. The molecule has 0 radical (unpaired) electrons. The highest BCUT2D eigenvalue weighted by Crippen LogP contribution is 2.17. The number of hydrogen-bond donors (Lipinski definition) is 2. The Morgan fingerprint density at radius 2 is 1.90 bits per heavy atom. The van der Waals surface area contributed by atoms with Crippen molar-refractivity contribution in [1.82, 2.24) is 10.0 Å². The molecule has 1 unspecified atom stereocenters. The van der Waals surface area contributed by atoms with Crippen molar-refractivity contribution in [2.75, 3.05) is 7.05 Å². The SMILES string of the molecule is CNCc1ccc(S(=O)(=O)NC(C)CC(C)C)c(F)c1. The van der Waals surface area contributed by atoms with Crippen LogP contribution in [0.15, 0.2) is 23.1 Å². The summed E-state index contributed by atoms with van der Waals surface area (Å²) in [4.78, 5) is -0.298. The second-order valence-corrected chi connectivity index (χ2v) is 7.13. The van der Waals surface area contributed by atoms with Gasteiger partial charge in [-0.1, -0.05) is 19.9 Å². The molecule has 0 aliphatic heterocycles. The molecule has 0 saturated carbocycles. The van der Waals surface area contributed by atoms with E-state index in [0.29, 0.717) is 24.4 Å². The first-order valence-corrected chi connectivity index (χ1v) is 8.20. The minimum Gasteiger partial charge on any atom is -0.316 e. The van der Waals surface area contributed by atoms with Crippen molar-refractivity contribution in [1.29, 1.82) is 0 Å². The molecule has 20 heavy (non-hydrogen) atoms. The maximum atomic E-state index is 13.9. The fourth-order valence-electron chi connectivity index (χ4n) is 2.16. The van der Waals surface area contributed by atoms with E-state index < -0.39 is 15.8 Å². The first kappa shape index (κ1) is 17.1. The van der Waals surface area contributed by atoms with Crippen molar-refractivity contribution in [3.8, 4) is 0 Å². The van der Waals surface area contributed by atoms with Gasteiger partial charge in [-0.2, -0.15) is 0 Å². The van der Waals surface area contributed by atoms with E-state index >= 15 is 0 Å². The molecule has 0 heterocycles. The van der Waals surface area contributed by atoms with Gasteiger partial charge < -0.3 is 5.32 Å². The van der Waals surface area contributed by atoms with Gasteiger partial charge in [0, 0.05) is 12.6 Å². The van der Waals surface area contributed by atoms with Crippen molar-refractivity contribution < 1.29 is 12.8 Å². The lowest BCUT2D eigenvalue weighted by molar-refractivity contribution is 0.479. The van der Waals surface area contributed by atoms with Gasteiger partial charge in [0.25, 0.3) is 0 Å². The van der Waals surface area contributed by atoms with Crippen molar-refractivity contribution in [2.24, 2.45) is 5.92 Å². The summed E-state index contributed by atoms with van der Waals surface area (Å²) >= 11 is 0. The largest absolute Gasteiger partial charge is 0.316 e. The Balaban J connectivity index is 2.92. The molecule has 0 fully saturated rings. The van der Waals surface area contributed by atoms with Gasteiger partial charge in [0.1, 0.15) is 10.7 Å². The maximum Gasteiger partial charge on any atom is 0.243 e.